The number of aromatic nitrogens is 1. The summed E-state index contributed by atoms with van der Waals surface area (Å²) in [5, 5.41) is 2.31. The molecule has 2 rings (SSSR count). The zero-order chi connectivity index (χ0) is 17.7. The number of ether oxygens (including phenoxy) is 2. The number of carbonyl (C=O) groups is 2. The van der Waals surface area contributed by atoms with E-state index in [9.17, 15) is 22.8 Å². The minimum atomic E-state index is -3.22. The number of amides is 1. The molecule has 24 heavy (non-hydrogen) atoms. The van der Waals surface area contributed by atoms with E-state index in [4.69, 9.17) is 0 Å². The Labute approximate surface area is 134 Å². The summed E-state index contributed by atoms with van der Waals surface area (Å²) in [6.45, 7) is -3.22. The van der Waals surface area contributed by atoms with Crippen LogP contribution in [0.5, 0.6) is 5.75 Å². The highest BCUT2D eigenvalue weighted by atomic mass is 19.3. The molecule has 0 spiro atoms. The smallest absolute Gasteiger partial charge is 0.387 e. The molecule has 0 fully saturated rings. The Hall–Kier alpha value is -3.10. The number of carbonyl (C=O) groups excluding carboxylic acids is 2. The number of methoxy groups -OCH3 is 1. The Balaban J connectivity index is 2.25. The molecule has 1 heterocycles. The Morgan fingerprint density at radius 3 is 2.62 bits per heavy atom. The summed E-state index contributed by atoms with van der Waals surface area (Å²) < 4.78 is 46.5. The van der Waals surface area contributed by atoms with E-state index in [1.165, 1.54) is 25.4 Å². The minimum absolute atomic E-state index is 0.0183. The van der Waals surface area contributed by atoms with E-state index in [0.29, 0.717) is 6.07 Å². The van der Waals surface area contributed by atoms with Gasteiger partial charge in [-0.2, -0.15) is 8.78 Å². The predicted molar refractivity (Wildman–Crippen MR) is 76.6 cm³/mol. The predicted octanol–water partition coefficient (Wildman–Crippen LogP) is 2.86. The van der Waals surface area contributed by atoms with E-state index in [0.717, 1.165) is 12.1 Å². The van der Waals surface area contributed by atoms with E-state index in [-0.39, 0.29) is 16.9 Å². The molecular weight excluding hydrogens is 329 g/mol. The second-order valence-corrected chi connectivity index (χ2v) is 4.39. The third-order valence-corrected chi connectivity index (χ3v) is 2.83. The molecule has 1 aromatic carbocycles. The number of hydrogen-bond donors (Lipinski definition) is 1. The molecule has 0 saturated heterocycles. The average molecular weight is 340 g/mol. The van der Waals surface area contributed by atoms with Crippen molar-refractivity contribution >= 4 is 17.7 Å². The summed E-state index contributed by atoms with van der Waals surface area (Å²) in [7, 11) is 1.19. The first-order valence-electron chi connectivity index (χ1n) is 6.51. The topological polar surface area (TPSA) is 77.5 Å². The monoisotopic (exact) mass is 340 g/mol. The quantitative estimate of drug-likeness (QED) is 0.847. The lowest BCUT2D eigenvalue weighted by molar-refractivity contribution is -0.0502. The summed E-state index contributed by atoms with van der Waals surface area (Å²) in [6, 6.07) is 5.18. The molecule has 2 aromatic rings. The van der Waals surface area contributed by atoms with Crippen molar-refractivity contribution in [1.29, 1.82) is 0 Å². The molecule has 0 radical (unpaired) electrons. The van der Waals surface area contributed by atoms with Crippen molar-refractivity contribution < 1.29 is 32.2 Å². The average Bonchev–Trinajstić information content (AvgIpc) is 2.53. The van der Waals surface area contributed by atoms with Gasteiger partial charge < -0.3 is 14.8 Å². The summed E-state index contributed by atoms with van der Waals surface area (Å²) in [6.07, 6.45) is 1.25. The van der Waals surface area contributed by atoms with Gasteiger partial charge in [-0.25, -0.2) is 14.2 Å². The van der Waals surface area contributed by atoms with Gasteiger partial charge in [-0.15, -0.1) is 0 Å². The Bertz CT molecular complexity index is 768. The van der Waals surface area contributed by atoms with Crippen molar-refractivity contribution in [3.8, 4) is 5.75 Å². The number of hydrogen-bond acceptors (Lipinski definition) is 5. The summed E-state index contributed by atoms with van der Waals surface area (Å²) in [5.41, 5.74) is -0.187. The number of rotatable bonds is 5. The van der Waals surface area contributed by atoms with Crippen LogP contribution in [0.4, 0.5) is 19.0 Å². The lowest BCUT2D eigenvalue weighted by Gasteiger charge is -2.11. The van der Waals surface area contributed by atoms with Gasteiger partial charge in [-0.05, 0) is 24.3 Å². The van der Waals surface area contributed by atoms with Gasteiger partial charge in [-0.1, -0.05) is 0 Å². The summed E-state index contributed by atoms with van der Waals surface area (Å²) in [4.78, 5) is 27.4. The van der Waals surface area contributed by atoms with Crippen LogP contribution in [-0.4, -0.2) is 30.6 Å². The summed E-state index contributed by atoms with van der Waals surface area (Å²) >= 11 is 0. The molecule has 0 aliphatic heterocycles. The van der Waals surface area contributed by atoms with Crippen molar-refractivity contribution in [2.45, 2.75) is 6.61 Å². The van der Waals surface area contributed by atoms with Crippen LogP contribution in [0.3, 0.4) is 0 Å². The molecule has 0 bridgehead atoms. The number of pyridine rings is 1. The minimum Gasteiger partial charge on any atom is -0.465 e. The number of nitrogens with zero attached hydrogens (tertiary/aromatic N) is 1. The molecule has 0 atom stereocenters. The fourth-order valence-electron chi connectivity index (χ4n) is 1.80. The van der Waals surface area contributed by atoms with Crippen molar-refractivity contribution in [3.63, 3.8) is 0 Å². The van der Waals surface area contributed by atoms with Crippen LogP contribution in [0.25, 0.3) is 0 Å². The van der Waals surface area contributed by atoms with E-state index in [2.05, 4.69) is 19.8 Å². The van der Waals surface area contributed by atoms with Crippen molar-refractivity contribution in [2.75, 3.05) is 12.4 Å². The van der Waals surface area contributed by atoms with Gasteiger partial charge in [0.1, 0.15) is 17.4 Å². The maximum Gasteiger partial charge on any atom is 0.387 e. The van der Waals surface area contributed by atoms with Crippen LogP contribution in [-0.2, 0) is 4.74 Å². The Morgan fingerprint density at radius 1 is 1.21 bits per heavy atom. The first kappa shape index (κ1) is 17.3. The third kappa shape index (κ3) is 4.22. The Morgan fingerprint density at radius 2 is 1.96 bits per heavy atom. The number of halogens is 3. The van der Waals surface area contributed by atoms with Gasteiger partial charge in [0, 0.05) is 12.3 Å². The normalized spacial score (nSPS) is 10.4. The highest BCUT2D eigenvalue weighted by molar-refractivity contribution is 6.06. The number of alkyl halides is 2. The summed E-state index contributed by atoms with van der Waals surface area (Å²) in [5.74, 6) is -2.98. The molecule has 0 unspecified atom stereocenters. The SMILES string of the molecule is COC(=O)c1ccnc(NC(=O)c2ccc(F)cc2OC(F)F)c1. The van der Waals surface area contributed by atoms with Crippen LogP contribution in [0.15, 0.2) is 36.5 Å². The number of esters is 1. The van der Waals surface area contributed by atoms with Gasteiger partial charge in [0.2, 0.25) is 0 Å². The molecular formula is C15H11F3N2O4. The van der Waals surface area contributed by atoms with Crippen molar-refractivity contribution in [1.82, 2.24) is 4.98 Å². The molecule has 0 saturated carbocycles. The highest BCUT2D eigenvalue weighted by Crippen LogP contribution is 2.23. The zero-order valence-electron chi connectivity index (χ0n) is 12.3. The standard InChI is InChI=1S/C15H11F3N2O4/c1-23-14(22)8-4-5-19-12(6-8)20-13(21)10-3-2-9(16)7-11(10)24-15(17)18/h2-7,15H,1H3,(H,19,20,21). The fraction of sp³-hybridized carbons (Fsp3) is 0.133. The largest absolute Gasteiger partial charge is 0.465 e. The molecule has 1 amide bonds. The lowest BCUT2D eigenvalue weighted by atomic mass is 10.2. The van der Waals surface area contributed by atoms with Crippen LogP contribution >= 0.6 is 0 Å². The van der Waals surface area contributed by atoms with Gasteiger partial charge in [0.15, 0.2) is 0 Å². The molecule has 126 valence electrons. The highest BCUT2D eigenvalue weighted by Gasteiger charge is 2.18. The lowest BCUT2D eigenvalue weighted by Crippen LogP contribution is -2.16. The van der Waals surface area contributed by atoms with Crippen LogP contribution in [0.1, 0.15) is 20.7 Å². The van der Waals surface area contributed by atoms with Crippen LogP contribution in [0, 0.1) is 5.82 Å². The third-order valence-electron chi connectivity index (χ3n) is 2.83. The van der Waals surface area contributed by atoms with Gasteiger partial charge in [0.25, 0.3) is 5.91 Å². The van der Waals surface area contributed by atoms with E-state index >= 15 is 0 Å². The van der Waals surface area contributed by atoms with Crippen molar-refractivity contribution in [2.24, 2.45) is 0 Å². The van der Waals surface area contributed by atoms with Gasteiger partial charge in [0.05, 0.1) is 18.2 Å². The molecule has 9 heteroatoms. The molecule has 0 aliphatic rings. The molecule has 1 aromatic heterocycles. The Kier molecular flexibility index (Phi) is 5.35. The second-order valence-electron chi connectivity index (χ2n) is 4.39. The molecule has 6 nitrogen and oxygen atoms in total. The maximum atomic E-state index is 13.1. The number of benzene rings is 1. The number of nitrogens with one attached hydrogen (secondary N) is 1. The van der Waals surface area contributed by atoms with Gasteiger partial charge in [-0.3, -0.25) is 4.79 Å². The van der Waals surface area contributed by atoms with Crippen molar-refractivity contribution in [3.05, 3.63) is 53.5 Å². The van der Waals surface area contributed by atoms with Crippen LogP contribution < -0.4 is 10.1 Å². The first-order chi connectivity index (χ1) is 11.4. The van der Waals surface area contributed by atoms with E-state index in [1.54, 1.807) is 0 Å². The molecule has 1 N–H and O–H groups in total. The zero-order valence-corrected chi connectivity index (χ0v) is 12.3. The first-order valence-corrected chi connectivity index (χ1v) is 6.51. The van der Waals surface area contributed by atoms with E-state index < -0.39 is 30.1 Å². The van der Waals surface area contributed by atoms with Gasteiger partial charge >= 0.3 is 12.6 Å². The molecule has 0 aliphatic carbocycles. The van der Waals surface area contributed by atoms with Crippen LogP contribution in [0.2, 0.25) is 0 Å². The second kappa shape index (κ2) is 7.44. The van der Waals surface area contributed by atoms with E-state index in [1.807, 2.05) is 0 Å². The maximum absolute atomic E-state index is 13.1. The number of anilines is 1. The fourth-order valence-corrected chi connectivity index (χ4v) is 1.80.